The van der Waals surface area contributed by atoms with Gasteiger partial charge in [0.05, 0.1) is 5.92 Å². The Morgan fingerprint density at radius 2 is 2.07 bits per heavy atom. The van der Waals surface area contributed by atoms with Gasteiger partial charge in [0.15, 0.2) is 0 Å². The van der Waals surface area contributed by atoms with Crippen molar-refractivity contribution in [2.24, 2.45) is 5.92 Å². The predicted octanol–water partition coefficient (Wildman–Crippen LogP) is 0.420. The van der Waals surface area contributed by atoms with E-state index in [9.17, 15) is 9.59 Å². The first-order chi connectivity index (χ1) is 7.07. The number of nitrogens with one attached hydrogen (secondary N) is 2. The minimum absolute atomic E-state index is 0.126. The van der Waals surface area contributed by atoms with Gasteiger partial charge >= 0.3 is 12.0 Å². The lowest BCUT2D eigenvalue weighted by atomic mass is 10.2. The van der Waals surface area contributed by atoms with Crippen LogP contribution >= 0.6 is 0 Å². The van der Waals surface area contributed by atoms with Crippen molar-refractivity contribution in [2.75, 3.05) is 13.1 Å². The minimum Gasteiger partial charge on any atom is -0.481 e. The molecule has 0 aromatic heterocycles. The molecule has 0 spiro atoms. The lowest BCUT2D eigenvalue weighted by Gasteiger charge is -2.08. The lowest BCUT2D eigenvalue weighted by Crippen LogP contribution is -2.39. The topological polar surface area (TPSA) is 78.4 Å². The van der Waals surface area contributed by atoms with Gasteiger partial charge in [-0.2, -0.15) is 0 Å². The molecule has 3 N–H and O–H groups in total. The van der Waals surface area contributed by atoms with Crippen LogP contribution in [0.5, 0.6) is 0 Å². The van der Waals surface area contributed by atoms with Crippen LogP contribution in [0.4, 0.5) is 4.79 Å². The van der Waals surface area contributed by atoms with Crippen molar-refractivity contribution in [1.29, 1.82) is 0 Å². The van der Waals surface area contributed by atoms with Crippen LogP contribution in [0.1, 0.15) is 20.3 Å². The fraction of sp³-hybridized carbons (Fsp3) is 0.600. The first-order valence-corrected chi connectivity index (χ1v) is 4.72. The number of amides is 2. The van der Waals surface area contributed by atoms with E-state index in [1.165, 1.54) is 6.92 Å². The molecule has 0 aliphatic carbocycles. The highest BCUT2D eigenvalue weighted by Gasteiger charge is 2.11. The first-order valence-electron chi connectivity index (χ1n) is 4.72. The molecule has 1 unspecified atom stereocenters. The van der Waals surface area contributed by atoms with E-state index in [1.54, 1.807) is 6.92 Å². The van der Waals surface area contributed by atoms with Crippen molar-refractivity contribution in [1.82, 2.24) is 10.6 Å². The second-order valence-corrected chi connectivity index (χ2v) is 3.05. The fourth-order valence-electron chi connectivity index (χ4n) is 0.759. The molecule has 0 saturated heterocycles. The van der Waals surface area contributed by atoms with Crippen molar-refractivity contribution in [3.8, 4) is 11.8 Å². The molecule has 1 atom stereocenters. The zero-order chi connectivity index (χ0) is 11.7. The number of urea groups is 1. The van der Waals surface area contributed by atoms with Gasteiger partial charge in [0.1, 0.15) is 0 Å². The van der Waals surface area contributed by atoms with Crippen molar-refractivity contribution in [2.45, 2.75) is 20.3 Å². The van der Waals surface area contributed by atoms with E-state index in [-0.39, 0.29) is 12.6 Å². The number of hydrogen-bond donors (Lipinski definition) is 3. The molecule has 0 aromatic carbocycles. The Balaban J connectivity index is 3.56. The summed E-state index contributed by atoms with van der Waals surface area (Å²) in [6.45, 7) is 3.86. The monoisotopic (exact) mass is 212 g/mol. The third-order valence-corrected chi connectivity index (χ3v) is 1.70. The Labute approximate surface area is 89.2 Å². The maximum Gasteiger partial charge on any atom is 0.314 e. The van der Waals surface area contributed by atoms with E-state index in [0.29, 0.717) is 13.0 Å². The number of carboxylic acids is 1. The van der Waals surface area contributed by atoms with Crippen LogP contribution in [0.3, 0.4) is 0 Å². The Morgan fingerprint density at radius 1 is 1.40 bits per heavy atom. The highest BCUT2D eigenvalue weighted by atomic mass is 16.4. The van der Waals surface area contributed by atoms with E-state index in [0.717, 1.165) is 0 Å². The van der Waals surface area contributed by atoms with Crippen LogP contribution in [0.25, 0.3) is 0 Å². The summed E-state index contributed by atoms with van der Waals surface area (Å²) in [6, 6.07) is -0.360. The molecule has 0 fully saturated rings. The number of carbonyl (C=O) groups excluding carboxylic acids is 1. The molecule has 2 amide bonds. The summed E-state index contributed by atoms with van der Waals surface area (Å²) >= 11 is 0. The fourth-order valence-corrected chi connectivity index (χ4v) is 0.759. The van der Waals surface area contributed by atoms with E-state index in [1.807, 2.05) is 0 Å². The van der Waals surface area contributed by atoms with Crippen molar-refractivity contribution >= 4 is 12.0 Å². The molecule has 0 rings (SSSR count). The molecule has 0 saturated carbocycles. The average Bonchev–Trinajstić information content (AvgIpc) is 2.20. The predicted molar refractivity (Wildman–Crippen MR) is 56.3 cm³/mol. The van der Waals surface area contributed by atoms with Crippen LogP contribution in [-0.2, 0) is 4.79 Å². The minimum atomic E-state index is -0.924. The van der Waals surface area contributed by atoms with Gasteiger partial charge in [-0.3, -0.25) is 4.79 Å². The number of carbonyl (C=O) groups is 2. The smallest absolute Gasteiger partial charge is 0.314 e. The van der Waals surface area contributed by atoms with Gasteiger partial charge < -0.3 is 15.7 Å². The molecule has 5 heteroatoms. The largest absolute Gasteiger partial charge is 0.481 e. The molecular weight excluding hydrogens is 196 g/mol. The molecule has 0 bridgehead atoms. The summed E-state index contributed by atoms with van der Waals surface area (Å²) in [7, 11) is 0. The first kappa shape index (κ1) is 13.3. The summed E-state index contributed by atoms with van der Waals surface area (Å²) in [4.78, 5) is 21.5. The number of hydrogen-bond acceptors (Lipinski definition) is 2. The molecule has 0 aliphatic heterocycles. The van der Waals surface area contributed by atoms with Crippen LogP contribution in [-0.4, -0.2) is 30.2 Å². The molecule has 0 aromatic rings. The summed E-state index contributed by atoms with van der Waals surface area (Å²) in [6.07, 6.45) is 0.596. The van der Waals surface area contributed by atoms with Crippen molar-refractivity contribution < 1.29 is 14.7 Å². The summed E-state index contributed by atoms with van der Waals surface area (Å²) in [5.41, 5.74) is 0. The quantitative estimate of drug-likeness (QED) is 0.456. The Kier molecular flexibility index (Phi) is 6.81. The second-order valence-electron chi connectivity index (χ2n) is 3.05. The van der Waals surface area contributed by atoms with Gasteiger partial charge in [-0.25, -0.2) is 4.79 Å². The van der Waals surface area contributed by atoms with E-state index in [4.69, 9.17) is 5.11 Å². The SMILES string of the molecule is CC#CCCNC(=O)NCC(C)C(=O)O. The highest BCUT2D eigenvalue weighted by molar-refractivity contribution is 5.75. The molecule has 0 heterocycles. The number of carboxylic acid groups (broad SMARTS) is 1. The molecule has 15 heavy (non-hydrogen) atoms. The van der Waals surface area contributed by atoms with Crippen LogP contribution < -0.4 is 10.6 Å². The Morgan fingerprint density at radius 3 is 2.60 bits per heavy atom. The normalized spacial score (nSPS) is 10.8. The van der Waals surface area contributed by atoms with E-state index >= 15 is 0 Å². The van der Waals surface area contributed by atoms with Gasteiger partial charge in [0.25, 0.3) is 0 Å². The maximum absolute atomic E-state index is 11.1. The van der Waals surface area contributed by atoms with Crippen molar-refractivity contribution in [3.63, 3.8) is 0 Å². The van der Waals surface area contributed by atoms with Gasteiger partial charge in [-0.15, -0.1) is 11.8 Å². The van der Waals surface area contributed by atoms with Gasteiger partial charge in [-0.05, 0) is 6.92 Å². The summed E-state index contributed by atoms with van der Waals surface area (Å²) in [5.74, 6) is 4.01. The molecule has 84 valence electrons. The zero-order valence-corrected chi connectivity index (χ0v) is 8.96. The number of rotatable bonds is 5. The molecule has 0 radical (unpaired) electrons. The second kappa shape index (κ2) is 7.68. The average molecular weight is 212 g/mol. The molecular formula is C10H16N2O3. The van der Waals surface area contributed by atoms with Crippen LogP contribution in [0, 0.1) is 17.8 Å². The maximum atomic E-state index is 11.1. The van der Waals surface area contributed by atoms with Gasteiger partial charge in [0, 0.05) is 19.5 Å². The van der Waals surface area contributed by atoms with Gasteiger partial charge in [-0.1, -0.05) is 6.92 Å². The number of aliphatic carboxylic acids is 1. The summed E-state index contributed by atoms with van der Waals surface area (Å²) < 4.78 is 0. The Bertz CT molecular complexity index is 278. The third-order valence-electron chi connectivity index (χ3n) is 1.70. The standard InChI is InChI=1S/C10H16N2O3/c1-3-4-5-6-11-10(15)12-7-8(2)9(13)14/h8H,5-7H2,1-2H3,(H,13,14)(H2,11,12,15). The molecule has 0 aliphatic rings. The molecule has 5 nitrogen and oxygen atoms in total. The van der Waals surface area contributed by atoms with Crippen LogP contribution in [0.2, 0.25) is 0 Å². The lowest BCUT2D eigenvalue weighted by molar-refractivity contribution is -0.140. The Hall–Kier alpha value is -1.70. The van der Waals surface area contributed by atoms with E-state index in [2.05, 4.69) is 22.5 Å². The summed E-state index contributed by atoms with van der Waals surface area (Å²) in [5, 5.41) is 13.6. The van der Waals surface area contributed by atoms with Crippen LogP contribution in [0.15, 0.2) is 0 Å². The zero-order valence-electron chi connectivity index (χ0n) is 8.96. The van der Waals surface area contributed by atoms with Gasteiger partial charge in [0.2, 0.25) is 0 Å². The highest BCUT2D eigenvalue weighted by Crippen LogP contribution is 1.90. The van der Waals surface area contributed by atoms with Crippen molar-refractivity contribution in [3.05, 3.63) is 0 Å². The van der Waals surface area contributed by atoms with E-state index < -0.39 is 11.9 Å². The third kappa shape index (κ3) is 7.38.